The Labute approximate surface area is 113 Å². The van der Waals surface area contributed by atoms with Gasteiger partial charge in [0.2, 0.25) is 0 Å². The van der Waals surface area contributed by atoms with Crippen LogP contribution in [0.4, 0.5) is 0 Å². The van der Waals surface area contributed by atoms with Crippen molar-refractivity contribution in [3.63, 3.8) is 0 Å². The van der Waals surface area contributed by atoms with Gasteiger partial charge in [0.15, 0.2) is 0 Å². The second kappa shape index (κ2) is 6.38. The van der Waals surface area contributed by atoms with E-state index in [1.165, 1.54) is 28.7 Å². The Bertz CT molecular complexity index is 370. The third-order valence-corrected chi connectivity index (χ3v) is 3.64. The molecule has 2 N–H and O–H groups in total. The van der Waals surface area contributed by atoms with E-state index in [2.05, 4.69) is 53.7 Å². The topological polar surface area (TPSA) is 26.0 Å². The first-order valence-electron chi connectivity index (χ1n) is 7.14. The van der Waals surface area contributed by atoms with Crippen molar-refractivity contribution >= 4 is 0 Å². The van der Waals surface area contributed by atoms with Gasteiger partial charge in [0.25, 0.3) is 0 Å². The molecule has 0 saturated heterocycles. The van der Waals surface area contributed by atoms with E-state index in [0.717, 1.165) is 12.3 Å². The number of rotatable bonds is 5. The average Bonchev–Trinajstić information content (AvgIpc) is 2.12. The fourth-order valence-electron chi connectivity index (χ4n) is 3.23. The molecule has 1 rings (SSSR count). The predicted octanol–water partition coefficient (Wildman–Crippen LogP) is 4.68. The van der Waals surface area contributed by atoms with Crippen LogP contribution in [0.3, 0.4) is 0 Å². The summed E-state index contributed by atoms with van der Waals surface area (Å²) in [5.74, 6) is 1.45. The largest absolute Gasteiger partial charge is 0.324 e. The van der Waals surface area contributed by atoms with Crippen molar-refractivity contribution in [2.75, 3.05) is 0 Å². The SMILES string of the molecule is Cc1cc(C)c(C(N)CC(C)CC(C)C)c(C)c1. The lowest BCUT2D eigenvalue weighted by molar-refractivity contribution is 0.386. The second-order valence-electron chi connectivity index (χ2n) is 6.39. The molecule has 0 aliphatic carbocycles. The van der Waals surface area contributed by atoms with Gasteiger partial charge < -0.3 is 5.73 Å². The molecule has 0 amide bonds. The van der Waals surface area contributed by atoms with Gasteiger partial charge in [-0.15, -0.1) is 0 Å². The molecular weight excluding hydrogens is 218 g/mol. The third-order valence-electron chi connectivity index (χ3n) is 3.64. The molecule has 0 fully saturated rings. The van der Waals surface area contributed by atoms with E-state index in [-0.39, 0.29) is 6.04 Å². The third kappa shape index (κ3) is 4.13. The second-order valence-corrected chi connectivity index (χ2v) is 6.39. The van der Waals surface area contributed by atoms with Gasteiger partial charge in [-0.25, -0.2) is 0 Å². The Hall–Kier alpha value is -0.820. The van der Waals surface area contributed by atoms with E-state index >= 15 is 0 Å². The summed E-state index contributed by atoms with van der Waals surface area (Å²) < 4.78 is 0. The van der Waals surface area contributed by atoms with E-state index in [1.807, 2.05) is 0 Å². The molecule has 1 aromatic rings. The van der Waals surface area contributed by atoms with Gasteiger partial charge in [0, 0.05) is 6.04 Å². The zero-order chi connectivity index (χ0) is 13.9. The normalized spacial score (nSPS) is 14.9. The van der Waals surface area contributed by atoms with Gasteiger partial charge in [-0.2, -0.15) is 0 Å². The minimum atomic E-state index is 0.180. The molecule has 0 aliphatic heterocycles. The molecule has 0 saturated carbocycles. The van der Waals surface area contributed by atoms with Gasteiger partial charge >= 0.3 is 0 Å². The van der Waals surface area contributed by atoms with Crippen LogP contribution in [0.15, 0.2) is 12.1 Å². The molecule has 0 aromatic heterocycles. The van der Waals surface area contributed by atoms with Crippen LogP contribution < -0.4 is 5.73 Å². The first-order chi connectivity index (χ1) is 8.31. The van der Waals surface area contributed by atoms with Crippen molar-refractivity contribution in [1.82, 2.24) is 0 Å². The number of hydrogen-bond acceptors (Lipinski definition) is 1. The Morgan fingerprint density at radius 3 is 1.89 bits per heavy atom. The Morgan fingerprint density at radius 1 is 0.944 bits per heavy atom. The lowest BCUT2D eigenvalue weighted by atomic mass is 9.86. The molecule has 0 bridgehead atoms. The van der Waals surface area contributed by atoms with E-state index in [4.69, 9.17) is 5.73 Å². The Kier molecular flexibility index (Phi) is 5.40. The molecule has 0 aliphatic rings. The van der Waals surface area contributed by atoms with Gasteiger partial charge in [-0.1, -0.05) is 38.5 Å². The summed E-state index contributed by atoms with van der Waals surface area (Å²) in [7, 11) is 0. The molecule has 0 spiro atoms. The zero-order valence-corrected chi connectivity index (χ0v) is 12.9. The van der Waals surface area contributed by atoms with Crippen molar-refractivity contribution in [2.24, 2.45) is 17.6 Å². The summed E-state index contributed by atoms with van der Waals surface area (Å²) in [5, 5.41) is 0. The minimum absolute atomic E-state index is 0.180. The number of aryl methyl sites for hydroxylation is 3. The summed E-state index contributed by atoms with van der Waals surface area (Å²) >= 11 is 0. The first-order valence-corrected chi connectivity index (χ1v) is 7.14. The molecule has 0 radical (unpaired) electrons. The summed E-state index contributed by atoms with van der Waals surface area (Å²) in [5.41, 5.74) is 11.8. The molecule has 2 atom stereocenters. The standard InChI is InChI=1S/C17H29N/c1-11(2)7-12(3)10-16(18)17-14(5)8-13(4)9-15(17)6/h8-9,11-12,16H,7,10,18H2,1-6H3. The molecule has 1 heteroatoms. The van der Waals surface area contributed by atoms with Crippen molar-refractivity contribution in [3.8, 4) is 0 Å². The average molecular weight is 247 g/mol. The summed E-state index contributed by atoms with van der Waals surface area (Å²) in [6.45, 7) is 13.4. The highest BCUT2D eigenvalue weighted by Crippen LogP contribution is 2.28. The number of hydrogen-bond donors (Lipinski definition) is 1. The van der Waals surface area contributed by atoms with Crippen LogP contribution in [-0.4, -0.2) is 0 Å². The summed E-state index contributed by atoms with van der Waals surface area (Å²) in [6, 6.07) is 4.67. The molecule has 102 valence electrons. The van der Waals surface area contributed by atoms with Crippen LogP contribution in [0.2, 0.25) is 0 Å². The summed E-state index contributed by atoms with van der Waals surface area (Å²) in [4.78, 5) is 0. The molecule has 0 heterocycles. The lowest BCUT2D eigenvalue weighted by Crippen LogP contribution is -2.17. The van der Waals surface area contributed by atoms with Crippen molar-refractivity contribution in [2.45, 2.75) is 60.4 Å². The van der Waals surface area contributed by atoms with Crippen LogP contribution in [0.1, 0.15) is 61.9 Å². The lowest BCUT2D eigenvalue weighted by Gasteiger charge is -2.22. The van der Waals surface area contributed by atoms with Crippen LogP contribution in [0.5, 0.6) is 0 Å². The first kappa shape index (κ1) is 15.2. The van der Waals surface area contributed by atoms with Gasteiger partial charge in [0.1, 0.15) is 0 Å². The predicted molar refractivity (Wildman–Crippen MR) is 80.8 cm³/mol. The van der Waals surface area contributed by atoms with Crippen LogP contribution in [-0.2, 0) is 0 Å². The molecule has 1 aromatic carbocycles. The number of benzene rings is 1. The smallest absolute Gasteiger partial charge is 0.0302 e. The maximum Gasteiger partial charge on any atom is 0.0302 e. The highest BCUT2D eigenvalue weighted by Gasteiger charge is 2.16. The van der Waals surface area contributed by atoms with Crippen LogP contribution in [0.25, 0.3) is 0 Å². The monoisotopic (exact) mass is 247 g/mol. The van der Waals surface area contributed by atoms with Crippen molar-refractivity contribution in [3.05, 3.63) is 34.4 Å². The highest BCUT2D eigenvalue weighted by molar-refractivity contribution is 5.39. The quantitative estimate of drug-likeness (QED) is 0.803. The van der Waals surface area contributed by atoms with Gasteiger partial charge in [-0.3, -0.25) is 0 Å². The fraction of sp³-hybridized carbons (Fsp3) is 0.647. The maximum atomic E-state index is 6.42. The molecule has 2 unspecified atom stereocenters. The molecule has 1 nitrogen and oxygen atoms in total. The van der Waals surface area contributed by atoms with Crippen LogP contribution in [0, 0.1) is 32.6 Å². The Morgan fingerprint density at radius 2 is 1.44 bits per heavy atom. The van der Waals surface area contributed by atoms with E-state index in [9.17, 15) is 0 Å². The van der Waals surface area contributed by atoms with E-state index < -0.39 is 0 Å². The molecular formula is C17H29N. The van der Waals surface area contributed by atoms with Gasteiger partial charge in [-0.05, 0) is 62.1 Å². The van der Waals surface area contributed by atoms with Crippen molar-refractivity contribution < 1.29 is 0 Å². The number of nitrogens with two attached hydrogens (primary N) is 1. The zero-order valence-electron chi connectivity index (χ0n) is 12.9. The van der Waals surface area contributed by atoms with Crippen molar-refractivity contribution in [1.29, 1.82) is 0 Å². The van der Waals surface area contributed by atoms with Gasteiger partial charge in [0.05, 0.1) is 0 Å². The minimum Gasteiger partial charge on any atom is -0.324 e. The Balaban J connectivity index is 2.81. The fourth-order valence-corrected chi connectivity index (χ4v) is 3.23. The summed E-state index contributed by atoms with van der Waals surface area (Å²) in [6.07, 6.45) is 2.35. The van der Waals surface area contributed by atoms with E-state index in [1.54, 1.807) is 0 Å². The highest BCUT2D eigenvalue weighted by atomic mass is 14.6. The van der Waals surface area contributed by atoms with Crippen LogP contribution >= 0.6 is 0 Å². The van der Waals surface area contributed by atoms with E-state index in [0.29, 0.717) is 5.92 Å². The maximum absolute atomic E-state index is 6.42. The molecule has 18 heavy (non-hydrogen) atoms.